The SMILES string of the molecule is O=C(NCC1CN(c2cccc(F)c2)C(=O)O1)c1ccccc1Br. The number of benzene rings is 2. The van der Waals surface area contributed by atoms with Gasteiger partial charge in [-0.2, -0.15) is 0 Å². The van der Waals surface area contributed by atoms with Crippen LogP contribution in [0.2, 0.25) is 0 Å². The smallest absolute Gasteiger partial charge is 0.414 e. The van der Waals surface area contributed by atoms with Crippen molar-refractivity contribution in [2.75, 3.05) is 18.0 Å². The average Bonchev–Trinajstić information content (AvgIpc) is 2.94. The molecule has 2 aromatic rings. The van der Waals surface area contributed by atoms with Crippen LogP contribution in [0.3, 0.4) is 0 Å². The third kappa shape index (κ3) is 3.56. The average molecular weight is 393 g/mol. The molecule has 0 aromatic heterocycles. The maximum Gasteiger partial charge on any atom is 0.414 e. The van der Waals surface area contributed by atoms with E-state index in [0.29, 0.717) is 15.7 Å². The van der Waals surface area contributed by atoms with Crippen LogP contribution in [0.25, 0.3) is 0 Å². The molecule has 1 fully saturated rings. The molecule has 24 heavy (non-hydrogen) atoms. The standard InChI is InChI=1S/C17H14BrFN2O3/c18-15-7-2-1-6-14(15)16(22)20-9-13-10-21(17(23)24-13)12-5-3-4-11(19)8-12/h1-8,13H,9-10H2,(H,20,22). The molecule has 3 rings (SSSR count). The summed E-state index contributed by atoms with van der Waals surface area (Å²) in [5, 5.41) is 2.74. The molecule has 0 bridgehead atoms. The molecule has 2 aromatic carbocycles. The van der Waals surface area contributed by atoms with Gasteiger partial charge in [0.1, 0.15) is 11.9 Å². The highest BCUT2D eigenvalue weighted by Crippen LogP contribution is 2.22. The first kappa shape index (κ1) is 16.4. The number of ether oxygens (including phenoxy) is 1. The first-order chi connectivity index (χ1) is 11.5. The van der Waals surface area contributed by atoms with E-state index < -0.39 is 18.0 Å². The van der Waals surface area contributed by atoms with Crippen LogP contribution in [0, 0.1) is 5.82 Å². The van der Waals surface area contributed by atoms with E-state index in [1.807, 2.05) is 6.07 Å². The van der Waals surface area contributed by atoms with E-state index in [0.717, 1.165) is 0 Å². The van der Waals surface area contributed by atoms with Gasteiger partial charge in [0.25, 0.3) is 5.91 Å². The van der Waals surface area contributed by atoms with Crippen molar-refractivity contribution in [3.63, 3.8) is 0 Å². The van der Waals surface area contributed by atoms with Gasteiger partial charge in [-0.1, -0.05) is 18.2 Å². The predicted molar refractivity (Wildman–Crippen MR) is 90.5 cm³/mol. The van der Waals surface area contributed by atoms with E-state index in [9.17, 15) is 14.0 Å². The molecule has 0 aliphatic carbocycles. The molecule has 1 saturated heterocycles. The minimum absolute atomic E-state index is 0.178. The molecule has 1 atom stereocenters. The number of halogens is 2. The summed E-state index contributed by atoms with van der Waals surface area (Å²) in [4.78, 5) is 25.4. The zero-order chi connectivity index (χ0) is 17.1. The molecular formula is C17H14BrFN2O3. The van der Waals surface area contributed by atoms with Gasteiger partial charge in [0, 0.05) is 4.47 Å². The highest BCUT2D eigenvalue weighted by Gasteiger charge is 2.32. The number of hydrogen-bond donors (Lipinski definition) is 1. The second-order valence-corrected chi connectivity index (χ2v) is 6.14. The maximum atomic E-state index is 13.3. The summed E-state index contributed by atoms with van der Waals surface area (Å²) in [6.07, 6.45) is -1.05. The summed E-state index contributed by atoms with van der Waals surface area (Å²) in [7, 11) is 0. The number of anilines is 1. The minimum atomic E-state index is -0.555. The van der Waals surface area contributed by atoms with Crippen molar-refractivity contribution in [1.82, 2.24) is 5.32 Å². The molecule has 1 N–H and O–H groups in total. The van der Waals surface area contributed by atoms with Gasteiger partial charge in [0.15, 0.2) is 0 Å². The Hall–Kier alpha value is -2.41. The van der Waals surface area contributed by atoms with Gasteiger partial charge in [0.2, 0.25) is 0 Å². The third-order valence-electron chi connectivity index (χ3n) is 3.60. The van der Waals surface area contributed by atoms with Crippen LogP contribution in [-0.4, -0.2) is 31.2 Å². The monoisotopic (exact) mass is 392 g/mol. The number of nitrogens with zero attached hydrogens (tertiary/aromatic N) is 1. The number of carbonyl (C=O) groups is 2. The molecule has 1 unspecified atom stereocenters. The molecule has 2 amide bonds. The zero-order valence-electron chi connectivity index (χ0n) is 12.5. The summed E-state index contributed by atoms with van der Waals surface area (Å²) >= 11 is 3.32. The third-order valence-corrected chi connectivity index (χ3v) is 4.29. The lowest BCUT2D eigenvalue weighted by Gasteiger charge is -2.13. The summed E-state index contributed by atoms with van der Waals surface area (Å²) in [6, 6.07) is 12.8. The fraction of sp³-hybridized carbons (Fsp3) is 0.176. The lowest BCUT2D eigenvalue weighted by molar-refractivity contribution is 0.0915. The largest absolute Gasteiger partial charge is 0.442 e. The molecule has 5 nitrogen and oxygen atoms in total. The Morgan fingerprint density at radius 2 is 2.08 bits per heavy atom. The molecule has 0 saturated carbocycles. The van der Waals surface area contributed by atoms with Crippen LogP contribution in [0.5, 0.6) is 0 Å². The van der Waals surface area contributed by atoms with Crippen molar-refractivity contribution in [1.29, 1.82) is 0 Å². The summed E-state index contributed by atoms with van der Waals surface area (Å²) < 4.78 is 19.2. The lowest BCUT2D eigenvalue weighted by Crippen LogP contribution is -2.34. The number of hydrogen-bond acceptors (Lipinski definition) is 3. The zero-order valence-corrected chi connectivity index (χ0v) is 14.1. The van der Waals surface area contributed by atoms with E-state index in [2.05, 4.69) is 21.2 Å². The maximum absolute atomic E-state index is 13.3. The second kappa shape index (κ2) is 7.00. The van der Waals surface area contributed by atoms with E-state index >= 15 is 0 Å². The summed E-state index contributed by atoms with van der Waals surface area (Å²) in [5.74, 6) is -0.686. The van der Waals surface area contributed by atoms with Gasteiger partial charge in [-0.25, -0.2) is 9.18 Å². The Bertz CT molecular complexity index is 784. The summed E-state index contributed by atoms with van der Waals surface area (Å²) in [6.45, 7) is 0.427. The van der Waals surface area contributed by atoms with Gasteiger partial charge in [-0.3, -0.25) is 9.69 Å². The number of nitrogens with one attached hydrogen (secondary N) is 1. The Kier molecular flexibility index (Phi) is 4.80. The first-order valence-corrected chi connectivity index (χ1v) is 8.10. The molecule has 0 spiro atoms. The van der Waals surface area contributed by atoms with Crippen LogP contribution < -0.4 is 10.2 Å². The van der Waals surface area contributed by atoms with Crippen LogP contribution in [-0.2, 0) is 4.74 Å². The highest BCUT2D eigenvalue weighted by molar-refractivity contribution is 9.10. The van der Waals surface area contributed by atoms with Crippen molar-refractivity contribution in [2.45, 2.75) is 6.10 Å². The molecular weight excluding hydrogens is 379 g/mol. The van der Waals surface area contributed by atoms with Crippen LogP contribution >= 0.6 is 15.9 Å². The van der Waals surface area contributed by atoms with Gasteiger partial charge >= 0.3 is 6.09 Å². The lowest BCUT2D eigenvalue weighted by atomic mass is 10.2. The highest BCUT2D eigenvalue weighted by atomic mass is 79.9. The van der Waals surface area contributed by atoms with Crippen molar-refractivity contribution in [3.8, 4) is 0 Å². The number of amides is 2. The molecule has 7 heteroatoms. The summed E-state index contributed by atoms with van der Waals surface area (Å²) in [5.41, 5.74) is 0.934. The number of carbonyl (C=O) groups excluding carboxylic acids is 2. The molecule has 1 aliphatic heterocycles. The molecule has 124 valence electrons. The molecule has 1 heterocycles. The van der Waals surface area contributed by atoms with Crippen LogP contribution in [0.15, 0.2) is 53.0 Å². The van der Waals surface area contributed by atoms with Gasteiger partial charge in [-0.05, 0) is 46.3 Å². The number of rotatable bonds is 4. The predicted octanol–water partition coefficient (Wildman–Crippen LogP) is 3.34. The van der Waals surface area contributed by atoms with Crippen molar-refractivity contribution in [3.05, 3.63) is 64.4 Å². The van der Waals surface area contributed by atoms with Crippen molar-refractivity contribution in [2.24, 2.45) is 0 Å². The van der Waals surface area contributed by atoms with E-state index in [1.165, 1.54) is 23.1 Å². The van der Waals surface area contributed by atoms with Crippen LogP contribution in [0.4, 0.5) is 14.9 Å². The Morgan fingerprint density at radius 3 is 2.83 bits per heavy atom. The van der Waals surface area contributed by atoms with E-state index in [-0.39, 0.29) is 19.0 Å². The Morgan fingerprint density at radius 1 is 1.29 bits per heavy atom. The fourth-order valence-corrected chi connectivity index (χ4v) is 2.89. The van der Waals surface area contributed by atoms with Crippen LogP contribution in [0.1, 0.15) is 10.4 Å². The van der Waals surface area contributed by atoms with Gasteiger partial charge in [-0.15, -0.1) is 0 Å². The van der Waals surface area contributed by atoms with Gasteiger partial charge in [0.05, 0.1) is 24.3 Å². The fourth-order valence-electron chi connectivity index (χ4n) is 2.43. The van der Waals surface area contributed by atoms with E-state index in [4.69, 9.17) is 4.74 Å². The quantitative estimate of drug-likeness (QED) is 0.867. The van der Waals surface area contributed by atoms with Crippen molar-refractivity contribution < 1.29 is 18.7 Å². The Balaban J connectivity index is 1.61. The minimum Gasteiger partial charge on any atom is -0.442 e. The first-order valence-electron chi connectivity index (χ1n) is 7.31. The molecule has 0 radical (unpaired) electrons. The normalized spacial score (nSPS) is 16.8. The number of cyclic esters (lactones) is 1. The van der Waals surface area contributed by atoms with Gasteiger partial charge < -0.3 is 10.1 Å². The van der Waals surface area contributed by atoms with Crippen molar-refractivity contribution >= 4 is 33.6 Å². The molecule has 1 aliphatic rings. The van der Waals surface area contributed by atoms with E-state index in [1.54, 1.807) is 24.3 Å². The second-order valence-electron chi connectivity index (χ2n) is 5.29. The topological polar surface area (TPSA) is 58.6 Å². The Labute approximate surface area is 146 Å².